The van der Waals surface area contributed by atoms with E-state index in [9.17, 15) is 9.90 Å². The number of phenolic OH excluding ortho intramolecular Hbond substituents is 1. The Labute approximate surface area is 173 Å². The number of aryl methyl sites for hydroxylation is 3. The van der Waals surface area contributed by atoms with Crippen LogP contribution in [0.5, 0.6) is 5.75 Å². The standard InChI is InChI=1S/C23H20ClN3O2/c1-14-10-18(22(28)19(11-14)17-6-7-25-15(2)12-17)16-4-5-21(20(24)13-16)27-9-8-26(3)23(27)29/h4-13,28H,1-3H3. The Balaban J connectivity index is 1.84. The molecule has 0 radical (unpaired) electrons. The summed E-state index contributed by atoms with van der Waals surface area (Å²) in [5, 5.41) is 11.4. The lowest BCUT2D eigenvalue weighted by molar-refractivity contribution is 0.479. The van der Waals surface area contributed by atoms with Crippen molar-refractivity contribution in [2.75, 3.05) is 0 Å². The van der Waals surface area contributed by atoms with E-state index >= 15 is 0 Å². The first-order chi connectivity index (χ1) is 13.8. The number of pyridine rings is 1. The number of rotatable bonds is 3. The number of aromatic nitrogens is 3. The molecule has 0 bridgehead atoms. The Bertz CT molecular complexity index is 1290. The van der Waals surface area contributed by atoms with Crippen LogP contribution in [0.1, 0.15) is 11.3 Å². The van der Waals surface area contributed by atoms with Gasteiger partial charge in [0.05, 0.1) is 10.7 Å². The molecule has 0 aliphatic rings. The molecule has 2 heterocycles. The van der Waals surface area contributed by atoms with E-state index < -0.39 is 0 Å². The van der Waals surface area contributed by atoms with Crippen LogP contribution in [0.4, 0.5) is 0 Å². The van der Waals surface area contributed by atoms with Crippen molar-refractivity contribution in [1.82, 2.24) is 14.1 Å². The van der Waals surface area contributed by atoms with Crippen LogP contribution < -0.4 is 5.69 Å². The zero-order valence-corrected chi connectivity index (χ0v) is 17.1. The Morgan fingerprint density at radius 3 is 2.24 bits per heavy atom. The molecule has 0 spiro atoms. The summed E-state index contributed by atoms with van der Waals surface area (Å²) in [6.45, 7) is 3.90. The van der Waals surface area contributed by atoms with Gasteiger partial charge in [0.15, 0.2) is 0 Å². The number of imidazole rings is 1. The third kappa shape index (κ3) is 3.45. The van der Waals surface area contributed by atoms with Crippen LogP contribution in [0.3, 0.4) is 0 Å². The highest BCUT2D eigenvalue weighted by Crippen LogP contribution is 2.40. The smallest absolute Gasteiger partial charge is 0.332 e. The Morgan fingerprint density at radius 1 is 0.966 bits per heavy atom. The van der Waals surface area contributed by atoms with Crippen molar-refractivity contribution < 1.29 is 5.11 Å². The lowest BCUT2D eigenvalue weighted by Gasteiger charge is -2.14. The molecular weight excluding hydrogens is 386 g/mol. The number of halogens is 1. The van der Waals surface area contributed by atoms with Crippen LogP contribution in [0.15, 0.2) is 65.8 Å². The maximum absolute atomic E-state index is 12.2. The average molecular weight is 406 g/mol. The van der Waals surface area contributed by atoms with Gasteiger partial charge in [-0.2, -0.15) is 0 Å². The van der Waals surface area contributed by atoms with Crippen LogP contribution in [-0.2, 0) is 7.05 Å². The van der Waals surface area contributed by atoms with Crippen molar-refractivity contribution >= 4 is 11.6 Å². The maximum atomic E-state index is 12.2. The van der Waals surface area contributed by atoms with Crippen LogP contribution in [-0.4, -0.2) is 19.2 Å². The van der Waals surface area contributed by atoms with E-state index in [0.717, 1.165) is 27.9 Å². The quantitative estimate of drug-likeness (QED) is 0.528. The summed E-state index contributed by atoms with van der Waals surface area (Å²) in [4.78, 5) is 16.5. The second kappa shape index (κ2) is 7.26. The van der Waals surface area contributed by atoms with Gasteiger partial charge in [0, 0.05) is 42.5 Å². The van der Waals surface area contributed by atoms with Gasteiger partial charge < -0.3 is 9.67 Å². The summed E-state index contributed by atoms with van der Waals surface area (Å²) in [5.74, 6) is 0.182. The van der Waals surface area contributed by atoms with E-state index in [1.54, 1.807) is 37.8 Å². The molecule has 29 heavy (non-hydrogen) atoms. The van der Waals surface area contributed by atoms with Crippen molar-refractivity contribution in [3.63, 3.8) is 0 Å². The Kier molecular flexibility index (Phi) is 4.76. The molecular formula is C23H20ClN3O2. The largest absolute Gasteiger partial charge is 0.507 e. The summed E-state index contributed by atoms with van der Waals surface area (Å²) in [7, 11) is 1.69. The summed E-state index contributed by atoms with van der Waals surface area (Å²) < 4.78 is 2.98. The van der Waals surface area contributed by atoms with Crippen molar-refractivity contribution in [1.29, 1.82) is 0 Å². The molecule has 0 saturated heterocycles. The van der Waals surface area contributed by atoms with Crippen molar-refractivity contribution in [3.8, 4) is 33.7 Å². The number of hydrogen-bond acceptors (Lipinski definition) is 3. The fourth-order valence-electron chi connectivity index (χ4n) is 3.45. The first-order valence-electron chi connectivity index (χ1n) is 9.16. The lowest BCUT2D eigenvalue weighted by Crippen LogP contribution is -2.20. The maximum Gasteiger partial charge on any atom is 0.332 e. The van der Waals surface area contributed by atoms with Gasteiger partial charge in [-0.1, -0.05) is 17.7 Å². The normalized spacial score (nSPS) is 11.0. The van der Waals surface area contributed by atoms with Crippen LogP contribution >= 0.6 is 11.6 Å². The Hall–Kier alpha value is -3.31. The SMILES string of the molecule is Cc1cc(-c2ccnc(C)c2)c(O)c(-c2ccc(-n3ccn(C)c3=O)c(Cl)c2)c1. The molecule has 0 unspecified atom stereocenters. The molecule has 4 aromatic rings. The van der Waals surface area contributed by atoms with Gasteiger partial charge in [-0.3, -0.25) is 9.55 Å². The van der Waals surface area contributed by atoms with Gasteiger partial charge >= 0.3 is 5.69 Å². The highest BCUT2D eigenvalue weighted by Gasteiger charge is 2.15. The molecule has 0 aliphatic carbocycles. The summed E-state index contributed by atoms with van der Waals surface area (Å²) >= 11 is 6.51. The molecule has 146 valence electrons. The van der Waals surface area contributed by atoms with E-state index in [4.69, 9.17) is 11.6 Å². The predicted molar refractivity (Wildman–Crippen MR) is 116 cm³/mol. The predicted octanol–water partition coefficient (Wildman–Crippen LogP) is 4.88. The molecule has 4 rings (SSSR count). The minimum Gasteiger partial charge on any atom is -0.507 e. The number of nitrogens with zero attached hydrogens (tertiary/aromatic N) is 3. The summed E-state index contributed by atoms with van der Waals surface area (Å²) in [6, 6.07) is 13.1. The van der Waals surface area contributed by atoms with E-state index in [-0.39, 0.29) is 11.4 Å². The number of phenols is 1. The van der Waals surface area contributed by atoms with E-state index in [1.165, 1.54) is 9.13 Å². The van der Waals surface area contributed by atoms with Crippen LogP contribution in [0, 0.1) is 13.8 Å². The van der Waals surface area contributed by atoms with Gasteiger partial charge in [-0.15, -0.1) is 0 Å². The zero-order chi connectivity index (χ0) is 20.7. The fourth-order valence-corrected chi connectivity index (χ4v) is 3.72. The Morgan fingerprint density at radius 2 is 1.66 bits per heavy atom. The molecule has 0 amide bonds. The third-order valence-electron chi connectivity index (χ3n) is 4.93. The molecule has 5 nitrogen and oxygen atoms in total. The highest BCUT2D eigenvalue weighted by molar-refractivity contribution is 6.32. The molecule has 0 fully saturated rings. The molecule has 6 heteroatoms. The first-order valence-corrected chi connectivity index (χ1v) is 9.54. The van der Waals surface area contributed by atoms with Gasteiger partial charge in [0.1, 0.15) is 5.75 Å². The van der Waals surface area contributed by atoms with Crippen molar-refractivity contribution in [2.45, 2.75) is 13.8 Å². The molecule has 2 aromatic heterocycles. The van der Waals surface area contributed by atoms with Gasteiger partial charge in [-0.05, 0) is 66.9 Å². The van der Waals surface area contributed by atoms with Gasteiger partial charge in [0.25, 0.3) is 0 Å². The zero-order valence-electron chi connectivity index (χ0n) is 16.3. The van der Waals surface area contributed by atoms with Crippen molar-refractivity contribution in [3.05, 3.63) is 87.8 Å². The molecule has 1 N–H and O–H groups in total. The fraction of sp³-hybridized carbons (Fsp3) is 0.130. The third-order valence-corrected chi connectivity index (χ3v) is 5.23. The average Bonchev–Trinajstić information content (AvgIpc) is 3.02. The van der Waals surface area contributed by atoms with Crippen LogP contribution in [0.2, 0.25) is 5.02 Å². The molecule has 2 aromatic carbocycles. The topological polar surface area (TPSA) is 60.1 Å². The molecule has 0 aliphatic heterocycles. The number of aromatic hydroxyl groups is 1. The lowest BCUT2D eigenvalue weighted by atomic mass is 9.95. The van der Waals surface area contributed by atoms with Gasteiger partial charge in [-0.25, -0.2) is 4.79 Å². The summed E-state index contributed by atoms with van der Waals surface area (Å²) in [6.07, 6.45) is 5.09. The molecule has 0 atom stereocenters. The van der Waals surface area contributed by atoms with Crippen molar-refractivity contribution in [2.24, 2.45) is 7.05 Å². The van der Waals surface area contributed by atoms with Crippen LogP contribution in [0.25, 0.3) is 27.9 Å². The van der Waals surface area contributed by atoms with E-state index in [1.807, 2.05) is 44.2 Å². The first kappa shape index (κ1) is 19.0. The minimum absolute atomic E-state index is 0.173. The minimum atomic E-state index is -0.173. The second-order valence-electron chi connectivity index (χ2n) is 7.12. The molecule has 0 saturated carbocycles. The van der Waals surface area contributed by atoms with E-state index in [2.05, 4.69) is 4.98 Å². The second-order valence-corrected chi connectivity index (χ2v) is 7.53. The van der Waals surface area contributed by atoms with Gasteiger partial charge in [0.2, 0.25) is 0 Å². The number of benzene rings is 2. The number of hydrogen-bond donors (Lipinski definition) is 1. The highest BCUT2D eigenvalue weighted by atomic mass is 35.5. The summed E-state index contributed by atoms with van der Waals surface area (Å²) in [5.41, 5.74) is 5.42. The monoisotopic (exact) mass is 405 g/mol. The van der Waals surface area contributed by atoms with E-state index in [0.29, 0.717) is 16.3 Å².